The van der Waals surface area contributed by atoms with Crippen molar-refractivity contribution in [1.29, 1.82) is 0 Å². The Hall–Kier alpha value is -0.460. The maximum atomic E-state index is 5.69. The molecular weight excluding hydrogens is 304 g/mol. The molecule has 2 saturated carbocycles. The summed E-state index contributed by atoms with van der Waals surface area (Å²) in [7, 11) is 0. The first-order valence-electron chi connectivity index (χ1n) is 11.6. The minimum Gasteiger partial charge on any atom is -0.501 e. The summed E-state index contributed by atoms with van der Waals surface area (Å²) >= 11 is 0. The van der Waals surface area contributed by atoms with E-state index in [1.807, 2.05) is 6.26 Å². The molecule has 0 atom stereocenters. The summed E-state index contributed by atoms with van der Waals surface area (Å²) in [5.41, 5.74) is 0. The average Bonchev–Trinajstić information content (AvgIpc) is 2.66. The smallest absolute Gasteiger partial charge is 0.0901 e. The maximum absolute atomic E-state index is 5.69. The van der Waals surface area contributed by atoms with Crippen molar-refractivity contribution in [3.05, 3.63) is 12.3 Å². The Bertz CT molecular complexity index is 332. The molecule has 2 fully saturated rings. The molecule has 0 bridgehead atoms. The third-order valence-electron chi connectivity index (χ3n) is 6.93. The predicted molar refractivity (Wildman–Crippen MR) is 110 cm³/mol. The van der Waals surface area contributed by atoms with Crippen LogP contribution in [-0.4, -0.2) is 6.61 Å². The number of allylic oxidation sites excluding steroid dienone is 1. The van der Waals surface area contributed by atoms with Gasteiger partial charge in [0.1, 0.15) is 0 Å². The quantitative estimate of drug-likeness (QED) is 0.272. The van der Waals surface area contributed by atoms with E-state index in [1.54, 1.807) is 0 Å². The van der Waals surface area contributed by atoms with E-state index in [0.717, 1.165) is 36.7 Å². The second-order valence-corrected chi connectivity index (χ2v) is 8.88. The Morgan fingerprint density at radius 1 is 0.720 bits per heavy atom. The highest BCUT2D eigenvalue weighted by Crippen LogP contribution is 2.42. The van der Waals surface area contributed by atoms with Gasteiger partial charge in [-0.05, 0) is 68.6 Å². The van der Waals surface area contributed by atoms with Gasteiger partial charge in [0.15, 0.2) is 0 Å². The normalized spacial score (nSPS) is 30.6. The van der Waals surface area contributed by atoms with Gasteiger partial charge in [-0.15, -0.1) is 0 Å². The van der Waals surface area contributed by atoms with Crippen molar-refractivity contribution in [3.8, 4) is 0 Å². The summed E-state index contributed by atoms with van der Waals surface area (Å²) in [5, 5.41) is 0. The van der Waals surface area contributed by atoms with Crippen LogP contribution in [0.4, 0.5) is 0 Å². The van der Waals surface area contributed by atoms with Crippen LogP contribution >= 0.6 is 0 Å². The van der Waals surface area contributed by atoms with Gasteiger partial charge in [-0.25, -0.2) is 0 Å². The monoisotopic (exact) mass is 348 g/mol. The van der Waals surface area contributed by atoms with Crippen molar-refractivity contribution in [2.75, 3.05) is 6.61 Å². The Morgan fingerprint density at radius 3 is 1.92 bits per heavy atom. The summed E-state index contributed by atoms with van der Waals surface area (Å²) in [6.45, 7) is 5.42. The first-order valence-corrected chi connectivity index (χ1v) is 11.6. The number of unbranched alkanes of at least 4 members (excludes halogenated alkanes) is 4. The molecule has 2 rings (SSSR count). The van der Waals surface area contributed by atoms with E-state index in [-0.39, 0.29) is 0 Å². The lowest BCUT2D eigenvalue weighted by molar-refractivity contribution is 0.108. The van der Waals surface area contributed by atoms with E-state index >= 15 is 0 Å². The molecule has 0 saturated heterocycles. The van der Waals surface area contributed by atoms with Crippen LogP contribution in [0.2, 0.25) is 0 Å². The van der Waals surface area contributed by atoms with Crippen molar-refractivity contribution >= 4 is 0 Å². The van der Waals surface area contributed by atoms with E-state index in [0.29, 0.717) is 0 Å². The molecule has 1 nitrogen and oxygen atoms in total. The highest BCUT2D eigenvalue weighted by molar-refractivity contribution is 4.82. The van der Waals surface area contributed by atoms with Crippen LogP contribution in [-0.2, 0) is 4.74 Å². The fraction of sp³-hybridized carbons (Fsp3) is 0.917. The van der Waals surface area contributed by atoms with Crippen LogP contribution in [0, 0.1) is 23.7 Å². The molecule has 0 aromatic heterocycles. The van der Waals surface area contributed by atoms with Gasteiger partial charge in [0.2, 0.25) is 0 Å². The van der Waals surface area contributed by atoms with Crippen LogP contribution in [0.5, 0.6) is 0 Å². The predicted octanol–water partition coefficient (Wildman–Crippen LogP) is 7.90. The highest BCUT2D eigenvalue weighted by Gasteiger charge is 2.30. The average molecular weight is 349 g/mol. The zero-order chi connectivity index (χ0) is 17.7. The van der Waals surface area contributed by atoms with Gasteiger partial charge in [0.25, 0.3) is 0 Å². The Labute approximate surface area is 158 Å². The van der Waals surface area contributed by atoms with E-state index in [1.165, 1.54) is 89.9 Å². The van der Waals surface area contributed by atoms with Gasteiger partial charge in [-0.2, -0.15) is 0 Å². The molecule has 25 heavy (non-hydrogen) atoms. The molecule has 0 heterocycles. The van der Waals surface area contributed by atoms with Crippen molar-refractivity contribution in [2.24, 2.45) is 23.7 Å². The summed E-state index contributed by atoms with van der Waals surface area (Å²) in [6, 6.07) is 0. The van der Waals surface area contributed by atoms with E-state index in [9.17, 15) is 0 Å². The van der Waals surface area contributed by atoms with E-state index in [2.05, 4.69) is 19.9 Å². The van der Waals surface area contributed by atoms with Gasteiger partial charge in [-0.1, -0.05) is 71.3 Å². The molecule has 0 radical (unpaired) electrons. The third-order valence-corrected chi connectivity index (χ3v) is 6.93. The lowest BCUT2D eigenvalue weighted by Gasteiger charge is -2.37. The second-order valence-electron chi connectivity index (χ2n) is 8.88. The highest BCUT2D eigenvalue weighted by atomic mass is 16.5. The van der Waals surface area contributed by atoms with Gasteiger partial charge in [0.05, 0.1) is 12.9 Å². The first-order chi connectivity index (χ1) is 12.3. The van der Waals surface area contributed by atoms with Crippen LogP contribution < -0.4 is 0 Å². The lowest BCUT2D eigenvalue weighted by Crippen LogP contribution is -2.27. The number of ether oxygens (including phenoxy) is 1. The molecule has 2 aliphatic rings. The summed E-state index contributed by atoms with van der Waals surface area (Å²) in [5.74, 6) is 3.97. The molecule has 0 aromatic rings. The van der Waals surface area contributed by atoms with Crippen molar-refractivity contribution < 1.29 is 4.74 Å². The number of rotatable bonds is 11. The van der Waals surface area contributed by atoms with E-state index in [4.69, 9.17) is 4.74 Å². The molecule has 0 amide bonds. The van der Waals surface area contributed by atoms with Crippen molar-refractivity contribution in [3.63, 3.8) is 0 Å². The fourth-order valence-corrected chi connectivity index (χ4v) is 5.17. The number of hydrogen-bond donors (Lipinski definition) is 0. The first kappa shape index (κ1) is 20.8. The molecule has 0 spiro atoms. The maximum Gasteiger partial charge on any atom is 0.0901 e. The largest absolute Gasteiger partial charge is 0.501 e. The Balaban J connectivity index is 1.54. The minimum atomic E-state index is 0.817. The molecule has 0 aliphatic heterocycles. The molecular formula is C24H44O. The van der Waals surface area contributed by atoms with Crippen LogP contribution in [0.3, 0.4) is 0 Å². The second kappa shape index (κ2) is 12.8. The van der Waals surface area contributed by atoms with Crippen LogP contribution in [0.25, 0.3) is 0 Å². The molecule has 0 unspecified atom stereocenters. The topological polar surface area (TPSA) is 9.23 Å². The van der Waals surface area contributed by atoms with Gasteiger partial charge < -0.3 is 4.74 Å². The molecule has 1 heteroatoms. The van der Waals surface area contributed by atoms with Gasteiger partial charge in [0, 0.05) is 0 Å². The summed E-state index contributed by atoms with van der Waals surface area (Å²) in [4.78, 5) is 0. The van der Waals surface area contributed by atoms with Crippen LogP contribution in [0.15, 0.2) is 12.3 Å². The zero-order valence-corrected chi connectivity index (χ0v) is 17.2. The minimum absolute atomic E-state index is 0.817. The molecule has 0 aromatic carbocycles. The molecule has 2 aliphatic carbocycles. The fourth-order valence-electron chi connectivity index (χ4n) is 5.17. The SMILES string of the molecule is CCC=COC[C@H]1CC[C@H]([C@H]2CC[C@H](CCCCCCC)CC2)CC1. The molecule has 0 N–H and O–H groups in total. The lowest BCUT2D eigenvalue weighted by atomic mass is 9.69. The summed E-state index contributed by atoms with van der Waals surface area (Å²) < 4.78 is 5.69. The Morgan fingerprint density at radius 2 is 1.32 bits per heavy atom. The van der Waals surface area contributed by atoms with Crippen molar-refractivity contribution in [2.45, 2.75) is 110 Å². The van der Waals surface area contributed by atoms with Gasteiger partial charge >= 0.3 is 0 Å². The van der Waals surface area contributed by atoms with Crippen LogP contribution in [0.1, 0.15) is 110 Å². The van der Waals surface area contributed by atoms with E-state index < -0.39 is 0 Å². The summed E-state index contributed by atoms with van der Waals surface area (Å²) in [6.07, 6.45) is 25.8. The van der Waals surface area contributed by atoms with Crippen molar-refractivity contribution in [1.82, 2.24) is 0 Å². The third kappa shape index (κ3) is 8.18. The van der Waals surface area contributed by atoms with Gasteiger partial charge in [-0.3, -0.25) is 0 Å². The Kier molecular flexibility index (Phi) is 10.7. The standard InChI is InChI=1S/C24H44O/c1-3-5-7-8-9-10-21-11-15-23(16-12-21)24-17-13-22(14-18-24)20-25-19-6-4-2/h6,19,21-24H,3-5,7-18,20H2,1-2H3/t21-,22-,23-,24-. The number of hydrogen-bond acceptors (Lipinski definition) is 1. The molecule has 146 valence electrons. The zero-order valence-electron chi connectivity index (χ0n) is 17.2.